The third kappa shape index (κ3) is 5.24. The van der Waals surface area contributed by atoms with E-state index in [2.05, 4.69) is 11.9 Å². The Hall–Kier alpha value is -2.99. The molecule has 0 spiro atoms. The van der Waals surface area contributed by atoms with E-state index >= 15 is 0 Å². The fraction of sp³-hybridized carbons (Fsp3) is 0.286. The van der Waals surface area contributed by atoms with Crippen LogP contribution < -0.4 is 19.5 Å². The molecule has 1 N–H and O–H groups in total. The van der Waals surface area contributed by atoms with Gasteiger partial charge in [0.1, 0.15) is 19.0 Å². The van der Waals surface area contributed by atoms with Gasteiger partial charge < -0.3 is 19.5 Å². The number of ether oxygens (including phenoxy) is 3. The molecule has 0 aliphatic carbocycles. The van der Waals surface area contributed by atoms with Crippen LogP contribution in [-0.2, 0) is 11.3 Å². The van der Waals surface area contributed by atoms with Crippen molar-refractivity contribution in [1.82, 2.24) is 4.90 Å². The Kier molecular flexibility index (Phi) is 6.33. The number of anilines is 1. The van der Waals surface area contributed by atoms with E-state index in [0.717, 1.165) is 11.3 Å². The van der Waals surface area contributed by atoms with Crippen molar-refractivity contribution in [2.45, 2.75) is 6.54 Å². The van der Waals surface area contributed by atoms with Gasteiger partial charge in [0.25, 0.3) is 0 Å². The zero-order valence-electron chi connectivity index (χ0n) is 15.4. The first kappa shape index (κ1) is 18.8. The van der Waals surface area contributed by atoms with Gasteiger partial charge in [0.05, 0.1) is 13.7 Å². The van der Waals surface area contributed by atoms with E-state index in [-0.39, 0.29) is 12.5 Å². The quantitative estimate of drug-likeness (QED) is 0.726. The van der Waals surface area contributed by atoms with Crippen molar-refractivity contribution in [2.24, 2.45) is 0 Å². The zero-order chi connectivity index (χ0) is 19.1. The summed E-state index contributed by atoms with van der Waals surface area (Å²) in [4.78, 5) is 14.5. The van der Waals surface area contributed by atoms with Crippen molar-refractivity contribution in [3.8, 4) is 17.2 Å². The van der Waals surface area contributed by atoms with Gasteiger partial charge in [-0.3, -0.25) is 9.69 Å². The summed E-state index contributed by atoms with van der Waals surface area (Å²) in [6, 6.07) is 13.2. The first-order valence-corrected chi connectivity index (χ1v) is 8.83. The summed E-state index contributed by atoms with van der Waals surface area (Å²) in [5.41, 5.74) is 1.79. The third-order valence-electron chi connectivity index (χ3n) is 4.15. The molecule has 1 aliphatic heterocycles. The molecule has 142 valence electrons. The minimum absolute atomic E-state index is 0.0953. The van der Waals surface area contributed by atoms with Crippen molar-refractivity contribution >= 4 is 11.6 Å². The highest BCUT2D eigenvalue weighted by atomic mass is 16.6. The summed E-state index contributed by atoms with van der Waals surface area (Å²) in [6.07, 6.45) is 1.79. The molecule has 1 amide bonds. The van der Waals surface area contributed by atoms with E-state index in [1.54, 1.807) is 19.3 Å². The molecule has 0 bridgehead atoms. The van der Waals surface area contributed by atoms with E-state index < -0.39 is 0 Å². The lowest BCUT2D eigenvalue weighted by molar-refractivity contribution is -0.117. The molecule has 6 nitrogen and oxygen atoms in total. The molecule has 6 heteroatoms. The van der Waals surface area contributed by atoms with Gasteiger partial charge in [-0.2, -0.15) is 0 Å². The molecule has 0 saturated heterocycles. The number of hydrogen-bond acceptors (Lipinski definition) is 5. The van der Waals surface area contributed by atoms with Gasteiger partial charge in [-0.25, -0.2) is 0 Å². The molecule has 0 unspecified atom stereocenters. The molecule has 1 heterocycles. The number of carbonyl (C=O) groups excluding carboxylic acids is 1. The number of nitrogens with one attached hydrogen (secondary N) is 1. The van der Waals surface area contributed by atoms with Crippen LogP contribution in [-0.4, -0.2) is 44.2 Å². The Bertz CT molecular complexity index is 789. The summed E-state index contributed by atoms with van der Waals surface area (Å²) in [6.45, 7) is 6.35. The highest BCUT2D eigenvalue weighted by Gasteiger charge is 2.14. The molecule has 3 rings (SSSR count). The Labute approximate surface area is 159 Å². The fourth-order valence-corrected chi connectivity index (χ4v) is 2.88. The van der Waals surface area contributed by atoms with E-state index in [9.17, 15) is 4.79 Å². The fourth-order valence-electron chi connectivity index (χ4n) is 2.88. The number of benzene rings is 2. The van der Waals surface area contributed by atoms with Crippen LogP contribution in [0.15, 0.2) is 55.1 Å². The summed E-state index contributed by atoms with van der Waals surface area (Å²) in [5.74, 6) is 2.07. The zero-order valence-corrected chi connectivity index (χ0v) is 15.4. The maximum atomic E-state index is 12.5. The summed E-state index contributed by atoms with van der Waals surface area (Å²) in [5, 5.41) is 2.91. The molecular weight excluding hydrogens is 344 g/mol. The van der Waals surface area contributed by atoms with E-state index in [1.165, 1.54) is 0 Å². The second kappa shape index (κ2) is 9.09. The second-order valence-corrected chi connectivity index (χ2v) is 6.21. The number of amides is 1. The van der Waals surface area contributed by atoms with Crippen molar-refractivity contribution in [1.29, 1.82) is 0 Å². The number of methoxy groups -OCH3 is 1. The van der Waals surface area contributed by atoms with Gasteiger partial charge in [0.2, 0.25) is 5.91 Å². The smallest absolute Gasteiger partial charge is 0.238 e. The lowest BCUT2D eigenvalue weighted by Gasteiger charge is -2.21. The number of nitrogens with zero attached hydrogens (tertiary/aromatic N) is 1. The Morgan fingerprint density at radius 3 is 2.63 bits per heavy atom. The van der Waals surface area contributed by atoms with Crippen LogP contribution in [0, 0.1) is 0 Å². The van der Waals surface area contributed by atoms with E-state index in [0.29, 0.717) is 43.5 Å². The molecule has 2 aromatic rings. The second-order valence-electron chi connectivity index (χ2n) is 6.21. The average Bonchev–Trinajstić information content (AvgIpc) is 2.68. The highest BCUT2D eigenvalue weighted by Crippen LogP contribution is 2.32. The van der Waals surface area contributed by atoms with Gasteiger partial charge in [0.15, 0.2) is 11.5 Å². The van der Waals surface area contributed by atoms with Crippen molar-refractivity contribution < 1.29 is 19.0 Å². The van der Waals surface area contributed by atoms with Crippen LogP contribution in [0.3, 0.4) is 0 Å². The van der Waals surface area contributed by atoms with Crippen molar-refractivity contribution in [3.05, 3.63) is 60.7 Å². The summed E-state index contributed by atoms with van der Waals surface area (Å²) < 4.78 is 16.2. The summed E-state index contributed by atoms with van der Waals surface area (Å²) >= 11 is 0. The van der Waals surface area contributed by atoms with E-state index in [1.807, 2.05) is 41.3 Å². The maximum absolute atomic E-state index is 12.5. The van der Waals surface area contributed by atoms with Crippen LogP contribution in [0.5, 0.6) is 17.2 Å². The molecule has 1 aliphatic rings. The van der Waals surface area contributed by atoms with Crippen LogP contribution in [0.4, 0.5) is 5.69 Å². The Morgan fingerprint density at radius 2 is 1.93 bits per heavy atom. The van der Waals surface area contributed by atoms with Crippen LogP contribution in [0.1, 0.15) is 5.56 Å². The monoisotopic (exact) mass is 368 g/mol. The van der Waals surface area contributed by atoms with Crippen molar-refractivity contribution in [3.63, 3.8) is 0 Å². The van der Waals surface area contributed by atoms with Crippen LogP contribution >= 0.6 is 0 Å². The summed E-state index contributed by atoms with van der Waals surface area (Å²) in [7, 11) is 1.64. The molecule has 0 atom stereocenters. The number of carbonyl (C=O) groups is 1. The SMILES string of the molecule is C=CCN(CC(=O)Nc1ccc2c(c1)OCCO2)Cc1ccc(OC)cc1. The molecule has 0 saturated carbocycles. The van der Waals surface area contributed by atoms with Crippen LogP contribution in [0.2, 0.25) is 0 Å². The lowest BCUT2D eigenvalue weighted by Crippen LogP contribution is -2.33. The third-order valence-corrected chi connectivity index (χ3v) is 4.15. The number of rotatable bonds is 8. The minimum atomic E-state index is -0.0953. The predicted molar refractivity (Wildman–Crippen MR) is 105 cm³/mol. The molecule has 0 aromatic heterocycles. The largest absolute Gasteiger partial charge is 0.497 e. The maximum Gasteiger partial charge on any atom is 0.238 e. The van der Waals surface area contributed by atoms with Gasteiger partial charge >= 0.3 is 0 Å². The topological polar surface area (TPSA) is 60.0 Å². The molecule has 0 fully saturated rings. The van der Waals surface area contributed by atoms with E-state index in [4.69, 9.17) is 14.2 Å². The predicted octanol–water partition coefficient (Wildman–Crippen LogP) is 3.09. The number of hydrogen-bond donors (Lipinski definition) is 1. The van der Waals surface area contributed by atoms with Crippen molar-refractivity contribution in [2.75, 3.05) is 38.7 Å². The van der Waals surface area contributed by atoms with Gasteiger partial charge in [0, 0.05) is 24.8 Å². The standard InChI is InChI=1S/C21H24N2O4/c1-3-10-23(14-16-4-7-18(25-2)8-5-16)15-21(24)22-17-6-9-19-20(13-17)27-12-11-26-19/h3-9,13H,1,10-12,14-15H2,2H3,(H,22,24). The average molecular weight is 368 g/mol. The first-order valence-electron chi connectivity index (χ1n) is 8.83. The molecule has 0 radical (unpaired) electrons. The molecule has 27 heavy (non-hydrogen) atoms. The Morgan fingerprint density at radius 1 is 1.19 bits per heavy atom. The minimum Gasteiger partial charge on any atom is -0.497 e. The molecule has 2 aromatic carbocycles. The highest BCUT2D eigenvalue weighted by molar-refractivity contribution is 5.92. The first-order chi connectivity index (χ1) is 13.2. The van der Waals surface area contributed by atoms with Gasteiger partial charge in [-0.1, -0.05) is 18.2 Å². The lowest BCUT2D eigenvalue weighted by atomic mass is 10.2. The van der Waals surface area contributed by atoms with Gasteiger partial charge in [-0.15, -0.1) is 6.58 Å². The molecular formula is C21H24N2O4. The van der Waals surface area contributed by atoms with Gasteiger partial charge in [-0.05, 0) is 29.8 Å². The van der Waals surface area contributed by atoms with Crippen LogP contribution in [0.25, 0.3) is 0 Å². The number of fused-ring (bicyclic) bond motifs is 1. The normalized spacial score (nSPS) is 12.5. The Balaban J connectivity index is 1.59.